The van der Waals surface area contributed by atoms with Crippen LogP contribution in [-0.2, 0) is 4.79 Å². The maximum atomic E-state index is 12.2. The summed E-state index contributed by atoms with van der Waals surface area (Å²) in [6, 6.07) is 8.08. The zero-order valence-corrected chi connectivity index (χ0v) is 13.2. The van der Waals surface area contributed by atoms with Gasteiger partial charge in [0.15, 0.2) is 5.78 Å². The third-order valence-electron chi connectivity index (χ3n) is 4.17. The first-order valence-electron chi connectivity index (χ1n) is 8.22. The third kappa shape index (κ3) is 4.45. The van der Waals surface area contributed by atoms with Gasteiger partial charge in [0.2, 0.25) is 0 Å². The molecule has 1 atom stereocenters. The summed E-state index contributed by atoms with van der Waals surface area (Å²) in [5.74, 6) is 1.46. The van der Waals surface area contributed by atoms with Gasteiger partial charge in [-0.3, -0.25) is 4.79 Å². The lowest BCUT2D eigenvalue weighted by molar-refractivity contribution is -0.118. The average Bonchev–Trinajstić information content (AvgIpc) is 2.50. The van der Waals surface area contributed by atoms with Crippen molar-refractivity contribution in [2.24, 2.45) is 5.92 Å². The molecule has 2 nitrogen and oxygen atoms in total. The minimum atomic E-state index is 0.253. The van der Waals surface area contributed by atoms with Crippen molar-refractivity contribution in [3.63, 3.8) is 0 Å². The van der Waals surface area contributed by atoms with Crippen molar-refractivity contribution in [3.8, 4) is 5.75 Å². The Hall–Kier alpha value is -1.57. The van der Waals surface area contributed by atoms with Gasteiger partial charge in [0, 0.05) is 5.92 Å². The molecular formula is C19H26O2. The molecule has 0 aliphatic heterocycles. The lowest BCUT2D eigenvalue weighted by atomic mass is 9.83. The van der Waals surface area contributed by atoms with E-state index >= 15 is 0 Å². The van der Waals surface area contributed by atoms with E-state index in [2.05, 4.69) is 19.1 Å². The minimum absolute atomic E-state index is 0.253. The number of benzene rings is 1. The molecule has 21 heavy (non-hydrogen) atoms. The number of ketones is 1. The van der Waals surface area contributed by atoms with E-state index in [0.717, 1.165) is 30.6 Å². The molecule has 0 bridgehead atoms. The van der Waals surface area contributed by atoms with Crippen molar-refractivity contribution in [1.29, 1.82) is 0 Å². The van der Waals surface area contributed by atoms with Crippen molar-refractivity contribution in [1.82, 2.24) is 0 Å². The number of hydrogen-bond acceptors (Lipinski definition) is 2. The van der Waals surface area contributed by atoms with Crippen molar-refractivity contribution in [2.45, 2.75) is 52.4 Å². The summed E-state index contributed by atoms with van der Waals surface area (Å²) < 4.78 is 5.45. The zero-order valence-electron chi connectivity index (χ0n) is 13.2. The standard InChI is InChI=1S/C19H26O2/c1-3-5-6-7-16-8-9-17(14-19(16)20)15-10-12-18(13-11-15)21-4-2/h10-14,16H,3-9H2,1-2H3. The van der Waals surface area contributed by atoms with Crippen LogP contribution in [0.4, 0.5) is 0 Å². The Morgan fingerprint density at radius 3 is 2.52 bits per heavy atom. The number of unbranched alkanes of at least 4 members (excludes halogenated alkanes) is 2. The van der Waals surface area contributed by atoms with Gasteiger partial charge in [0.1, 0.15) is 5.75 Å². The lowest BCUT2D eigenvalue weighted by Gasteiger charge is -2.21. The molecule has 1 aliphatic rings. The largest absolute Gasteiger partial charge is 0.494 e. The summed E-state index contributed by atoms with van der Waals surface area (Å²) in [4.78, 5) is 12.2. The van der Waals surface area contributed by atoms with Gasteiger partial charge in [-0.25, -0.2) is 0 Å². The molecule has 0 amide bonds. The summed E-state index contributed by atoms with van der Waals surface area (Å²) in [5, 5.41) is 0. The van der Waals surface area contributed by atoms with Gasteiger partial charge in [0.25, 0.3) is 0 Å². The van der Waals surface area contributed by atoms with Crippen LogP contribution in [0.2, 0.25) is 0 Å². The molecule has 0 N–H and O–H groups in total. The normalized spacial score (nSPS) is 18.5. The number of ether oxygens (including phenoxy) is 1. The van der Waals surface area contributed by atoms with Crippen molar-refractivity contribution in [2.75, 3.05) is 6.61 Å². The maximum Gasteiger partial charge on any atom is 0.159 e. The van der Waals surface area contributed by atoms with Crippen molar-refractivity contribution in [3.05, 3.63) is 35.9 Å². The van der Waals surface area contributed by atoms with E-state index in [-0.39, 0.29) is 5.92 Å². The summed E-state index contributed by atoms with van der Waals surface area (Å²) in [6.07, 6.45) is 8.57. The van der Waals surface area contributed by atoms with E-state index in [4.69, 9.17) is 4.74 Å². The van der Waals surface area contributed by atoms with E-state index in [1.165, 1.54) is 24.8 Å². The Labute approximate surface area is 128 Å². The van der Waals surface area contributed by atoms with Crippen LogP contribution in [0.25, 0.3) is 5.57 Å². The first kappa shape index (κ1) is 15.8. The third-order valence-corrected chi connectivity index (χ3v) is 4.17. The Morgan fingerprint density at radius 1 is 1.14 bits per heavy atom. The number of hydrogen-bond donors (Lipinski definition) is 0. The zero-order chi connectivity index (χ0) is 15.1. The van der Waals surface area contributed by atoms with Crippen LogP contribution in [0.5, 0.6) is 5.75 Å². The summed E-state index contributed by atoms with van der Waals surface area (Å²) >= 11 is 0. The van der Waals surface area contributed by atoms with Crippen LogP contribution >= 0.6 is 0 Å². The van der Waals surface area contributed by atoms with Crippen LogP contribution in [0.3, 0.4) is 0 Å². The second-order valence-corrected chi connectivity index (χ2v) is 5.76. The van der Waals surface area contributed by atoms with Crippen LogP contribution in [0.1, 0.15) is 57.9 Å². The van der Waals surface area contributed by atoms with E-state index in [1.807, 2.05) is 25.1 Å². The smallest absolute Gasteiger partial charge is 0.159 e. The molecule has 0 heterocycles. The van der Waals surface area contributed by atoms with E-state index in [9.17, 15) is 4.79 Å². The van der Waals surface area contributed by atoms with Gasteiger partial charge in [-0.15, -0.1) is 0 Å². The molecule has 0 spiro atoms. The van der Waals surface area contributed by atoms with Gasteiger partial charge < -0.3 is 4.74 Å². The highest BCUT2D eigenvalue weighted by Gasteiger charge is 2.22. The highest BCUT2D eigenvalue weighted by atomic mass is 16.5. The lowest BCUT2D eigenvalue weighted by Crippen LogP contribution is -2.17. The predicted molar refractivity (Wildman–Crippen MR) is 87.5 cm³/mol. The molecular weight excluding hydrogens is 260 g/mol. The maximum absolute atomic E-state index is 12.2. The monoisotopic (exact) mass is 286 g/mol. The predicted octanol–water partition coefficient (Wildman–Crippen LogP) is 5.03. The fraction of sp³-hybridized carbons (Fsp3) is 0.526. The minimum Gasteiger partial charge on any atom is -0.494 e. The summed E-state index contributed by atoms with van der Waals surface area (Å²) in [5.41, 5.74) is 2.33. The Morgan fingerprint density at radius 2 is 1.90 bits per heavy atom. The molecule has 0 aromatic heterocycles. The fourth-order valence-corrected chi connectivity index (χ4v) is 2.92. The quantitative estimate of drug-likeness (QED) is 0.657. The summed E-state index contributed by atoms with van der Waals surface area (Å²) in [7, 11) is 0. The van der Waals surface area contributed by atoms with Crippen molar-refractivity contribution >= 4 is 11.4 Å². The topological polar surface area (TPSA) is 26.3 Å². The number of carbonyl (C=O) groups is 1. The Kier molecular flexibility index (Phi) is 6.04. The van der Waals surface area contributed by atoms with Gasteiger partial charge in [-0.1, -0.05) is 38.3 Å². The highest BCUT2D eigenvalue weighted by Crippen LogP contribution is 2.31. The molecule has 0 radical (unpaired) electrons. The van der Waals surface area contributed by atoms with Crippen LogP contribution in [-0.4, -0.2) is 12.4 Å². The Balaban J connectivity index is 1.98. The molecule has 0 saturated heterocycles. The molecule has 0 fully saturated rings. The van der Waals surface area contributed by atoms with Gasteiger partial charge in [0.05, 0.1) is 6.61 Å². The molecule has 1 aromatic carbocycles. The molecule has 1 aliphatic carbocycles. The van der Waals surface area contributed by atoms with Gasteiger partial charge in [-0.2, -0.15) is 0 Å². The van der Waals surface area contributed by atoms with E-state index < -0.39 is 0 Å². The molecule has 1 aromatic rings. The van der Waals surface area contributed by atoms with Gasteiger partial charge in [-0.05, 0) is 55.5 Å². The summed E-state index contributed by atoms with van der Waals surface area (Å²) in [6.45, 7) is 4.86. The number of rotatable bonds is 7. The fourth-order valence-electron chi connectivity index (χ4n) is 2.92. The highest BCUT2D eigenvalue weighted by molar-refractivity contribution is 5.99. The first-order valence-corrected chi connectivity index (χ1v) is 8.22. The first-order chi connectivity index (χ1) is 10.2. The van der Waals surface area contributed by atoms with Crippen LogP contribution < -0.4 is 4.74 Å². The van der Waals surface area contributed by atoms with E-state index in [1.54, 1.807) is 0 Å². The molecule has 2 heteroatoms. The average molecular weight is 286 g/mol. The second-order valence-electron chi connectivity index (χ2n) is 5.76. The van der Waals surface area contributed by atoms with Gasteiger partial charge >= 0.3 is 0 Å². The van der Waals surface area contributed by atoms with Crippen LogP contribution in [0.15, 0.2) is 30.3 Å². The van der Waals surface area contributed by atoms with Crippen molar-refractivity contribution < 1.29 is 9.53 Å². The molecule has 114 valence electrons. The number of allylic oxidation sites excluding steroid dienone is 2. The SMILES string of the molecule is CCCCCC1CCC(c2ccc(OCC)cc2)=CC1=O. The van der Waals surface area contributed by atoms with Crippen LogP contribution in [0, 0.1) is 5.92 Å². The molecule has 0 saturated carbocycles. The second kappa shape index (κ2) is 8.02. The Bertz CT molecular complexity index is 485. The molecule has 2 rings (SSSR count). The number of carbonyl (C=O) groups excluding carboxylic acids is 1. The van der Waals surface area contributed by atoms with E-state index in [0.29, 0.717) is 12.4 Å². The molecule has 1 unspecified atom stereocenters.